The maximum absolute atomic E-state index is 2.30. The Hall–Kier alpha value is -0.0400. The van der Waals surface area contributed by atoms with Gasteiger partial charge in [-0.05, 0) is 48.5 Å². The zero-order valence-corrected chi connectivity index (χ0v) is 9.21. The summed E-state index contributed by atoms with van der Waals surface area (Å²) in [5.74, 6) is 0. The summed E-state index contributed by atoms with van der Waals surface area (Å²) < 4.78 is 0. The van der Waals surface area contributed by atoms with Gasteiger partial charge in [-0.15, -0.1) is 0 Å². The Labute approximate surface area is 71.8 Å². The van der Waals surface area contributed by atoms with Gasteiger partial charge in [0.1, 0.15) is 0 Å². The summed E-state index contributed by atoms with van der Waals surface area (Å²) in [6, 6.07) is 0. The van der Waals surface area contributed by atoms with Gasteiger partial charge in [-0.2, -0.15) is 0 Å². The number of hydrogen-bond donors (Lipinski definition) is 1. The topological polar surface area (TPSA) is 4.44 Å². The molecule has 0 atom stereocenters. The van der Waals surface area contributed by atoms with E-state index in [-0.39, 0.29) is 0 Å². The molecule has 0 unspecified atom stereocenters. The van der Waals surface area contributed by atoms with E-state index in [0.717, 1.165) is 0 Å². The van der Waals surface area contributed by atoms with Gasteiger partial charge in [0, 0.05) is 0 Å². The van der Waals surface area contributed by atoms with Crippen molar-refractivity contribution in [3.05, 3.63) is 0 Å². The van der Waals surface area contributed by atoms with Crippen LogP contribution in [-0.4, -0.2) is 17.6 Å². The summed E-state index contributed by atoms with van der Waals surface area (Å²) in [7, 11) is 0. The maximum Gasteiger partial charge on any atom is 0.0895 e. The second-order valence-electron chi connectivity index (χ2n) is 5.33. The van der Waals surface area contributed by atoms with Crippen molar-refractivity contribution in [2.75, 3.05) is 6.54 Å². The second-order valence-corrected chi connectivity index (χ2v) is 5.33. The molecule has 0 aliphatic carbocycles. The Balaban J connectivity index is 4.43. The van der Waals surface area contributed by atoms with Crippen LogP contribution in [0, 0.1) is 0 Å². The molecule has 0 spiro atoms. The highest BCUT2D eigenvalue weighted by Crippen LogP contribution is 2.01. The lowest BCUT2D eigenvalue weighted by molar-refractivity contribution is -0.988. The average molecular weight is 158 g/mol. The first-order valence-corrected chi connectivity index (χ1v) is 4.56. The lowest BCUT2D eigenvalue weighted by atomic mass is 9.96. The van der Waals surface area contributed by atoms with Crippen LogP contribution in [0.1, 0.15) is 48.5 Å². The molecular weight excluding hydrogens is 134 g/mol. The second kappa shape index (κ2) is 3.14. The van der Waals surface area contributed by atoms with E-state index in [1.807, 2.05) is 0 Å². The minimum absolute atomic E-state index is 0.368. The van der Waals surface area contributed by atoms with Crippen LogP contribution in [0.25, 0.3) is 0 Å². The predicted octanol–water partition coefficient (Wildman–Crippen LogP) is 1.49. The van der Waals surface area contributed by atoms with Crippen molar-refractivity contribution in [2.24, 2.45) is 0 Å². The van der Waals surface area contributed by atoms with Gasteiger partial charge in [-0.3, -0.25) is 0 Å². The third kappa shape index (κ3) is 3.24. The van der Waals surface area contributed by atoms with Crippen molar-refractivity contribution in [2.45, 2.75) is 59.5 Å². The van der Waals surface area contributed by atoms with Gasteiger partial charge >= 0.3 is 0 Å². The molecule has 0 aromatic rings. The normalized spacial score (nSPS) is 14.2. The van der Waals surface area contributed by atoms with E-state index in [4.69, 9.17) is 0 Å². The lowest BCUT2D eigenvalue weighted by Crippen LogP contribution is -3.24. The largest absolute Gasteiger partial charge is 0.327 e. The monoisotopic (exact) mass is 158 g/mol. The lowest BCUT2D eigenvalue weighted by Gasteiger charge is -2.41. The number of rotatable bonds is 1. The Morgan fingerprint density at radius 1 is 0.818 bits per heavy atom. The molecule has 1 N–H and O–H groups in total. The van der Waals surface area contributed by atoms with Crippen molar-refractivity contribution >= 4 is 0 Å². The van der Waals surface area contributed by atoms with Gasteiger partial charge in [0.15, 0.2) is 0 Å². The molecule has 1 heteroatoms. The van der Waals surface area contributed by atoms with Gasteiger partial charge in [0.2, 0.25) is 0 Å². The Morgan fingerprint density at radius 2 is 1.09 bits per heavy atom. The maximum atomic E-state index is 2.30. The molecule has 0 aliphatic rings. The summed E-state index contributed by atoms with van der Waals surface area (Å²) >= 11 is 0. The summed E-state index contributed by atoms with van der Waals surface area (Å²) in [5, 5.41) is 0. The fourth-order valence-corrected chi connectivity index (χ4v) is 2.19. The van der Waals surface area contributed by atoms with Crippen LogP contribution in [0.2, 0.25) is 0 Å². The fourth-order valence-electron chi connectivity index (χ4n) is 2.19. The molecule has 1 nitrogen and oxygen atoms in total. The van der Waals surface area contributed by atoms with E-state index in [9.17, 15) is 0 Å². The van der Waals surface area contributed by atoms with E-state index in [1.54, 1.807) is 4.90 Å². The van der Waals surface area contributed by atoms with Crippen LogP contribution in [-0.2, 0) is 0 Å². The van der Waals surface area contributed by atoms with Crippen molar-refractivity contribution < 1.29 is 4.90 Å². The minimum atomic E-state index is 0.368. The summed E-state index contributed by atoms with van der Waals surface area (Å²) in [6.07, 6.45) is 0. The van der Waals surface area contributed by atoms with Gasteiger partial charge in [-0.1, -0.05) is 0 Å². The van der Waals surface area contributed by atoms with E-state index in [0.29, 0.717) is 11.1 Å². The molecule has 0 heterocycles. The molecule has 0 saturated carbocycles. The molecular formula is C10H24N+. The molecule has 0 radical (unpaired) electrons. The van der Waals surface area contributed by atoms with Crippen molar-refractivity contribution in [1.29, 1.82) is 0 Å². The van der Waals surface area contributed by atoms with Crippen LogP contribution in [0.3, 0.4) is 0 Å². The average Bonchev–Trinajstić information content (AvgIpc) is 1.56. The smallest absolute Gasteiger partial charge is 0.0895 e. The zero-order valence-electron chi connectivity index (χ0n) is 9.21. The van der Waals surface area contributed by atoms with Gasteiger partial charge in [-0.25, -0.2) is 0 Å². The Kier molecular flexibility index (Phi) is 3.13. The van der Waals surface area contributed by atoms with Gasteiger partial charge < -0.3 is 4.90 Å². The molecule has 0 fully saturated rings. The molecule has 0 amide bonds. The van der Waals surface area contributed by atoms with Crippen molar-refractivity contribution in [3.8, 4) is 0 Å². The van der Waals surface area contributed by atoms with Crippen molar-refractivity contribution in [1.82, 2.24) is 0 Å². The standard InChI is InChI=1S/C10H23N/c1-8-11(9(2,3)4)10(5,6)7/h8H2,1-7H3/p+1. The van der Waals surface area contributed by atoms with Crippen LogP contribution < -0.4 is 4.90 Å². The quantitative estimate of drug-likeness (QED) is 0.590. The van der Waals surface area contributed by atoms with E-state index in [2.05, 4.69) is 48.5 Å². The first kappa shape index (κ1) is 11.0. The molecule has 0 saturated heterocycles. The van der Waals surface area contributed by atoms with E-state index >= 15 is 0 Å². The number of quaternary nitrogens is 1. The first-order valence-electron chi connectivity index (χ1n) is 4.56. The molecule has 68 valence electrons. The summed E-state index contributed by atoms with van der Waals surface area (Å²) in [5.41, 5.74) is 0.736. The third-order valence-electron chi connectivity index (χ3n) is 2.16. The fraction of sp³-hybridized carbons (Fsp3) is 1.00. The van der Waals surface area contributed by atoms with E-state index in [1.165, 1.54) is 6.54 Å². The molecule has 0 aromatic heterocycles. The third-order valence-corrected chi connectivity index (χ3v) is 2.16. The molecule has 11 heavy (non-hydrogen) atoms. The van der Waals surface area contributed by atoms with Crippen LogP contribution in [0.5, 0.6) is 0 Å². The summed E-state index contributed by atoms with van der Waals surface area (Å²) in [6.45, 7) is 17.3. The highest BCUT2D eigenvalue weighted by atomic mass is 15.2. The van der Waals surface area contributed by atoms with Crippen molar-refractivity contribution in [3.63, 3.8) is 0 Å². The highest BCUT2D eigenvalue weighted by molar-refractivity contribution is 4.65. The Bertz CT molecular complexity index is 99.8. The predicted molar refractivity (Wildman–Crippen MR) is 51.0 cm³/mol. The molecule has 0 bridgehead atoms. The van der Waals surface area contributed by atoms with Crippen LogP contribution in [0.15, 0.2) is 0 Å². The van der Waals surface area contributed by atoms with Crippen LogP contribution in [0.4, 0.5) is 0 Å². The summed E-state index contributed by atoms with van der Waals surface area (Å²) in [4.78, 5) is 1.66. The highest BCUT2D eigenvalue weighted by Gasteiger charge is 2.33. The zero-order chi connectivity index (χ0) is 9.28. The number of hydrogen-bond acceptors (Lipinski definition) is 0. The van der Waals surface area contributed by atoms with Gasteiger partial charge in [0.25, 0.3) is 0 Å². The van der Waals surface area contributed by atoms with E-state index < -0.39 is 0 Å². The molecule has 0 aliphatic heterocycles. The van der Waals surface area contributed by atoms with Gasteiger partial charge in [0.05, 0.1) is 17.6 Å². The SMILES string of the molecule is CC[NH+](C(C)(C)C)C(C)(C)C. The number of nitrogens with one attached hydrogen (secondary N) is 1. The Morgan fingerprint density at radius 3 is 1.09 bits per heavy atom. The molecule has 0 aromatic carbocycles. The molecule has 0 rings (SSSR count). The van der Waals surface area contributed by atoms with Crippen LogP contribution >= 0.6 is 0 Å². The minimum Gasteiger partial charge on any atom is -0.327 e. The first-order chi connectivity index (χ1) is 4.69.